The Balaban J connectivity index is 0.000000380. The fraction of sp³-hybridized carbons (Fsp3) is 0.421. The van der Waals surface area contributed by atoms with Gasteiger partial charge in [-0.1, -0.05) is 102 Å². The van der Waals surface area contributed by atoms with Crippen LogP contribution in [0.2, 0.25) is 0 Å². The summed E-state index contributed by atoms with van der Waals surface area (Å²) in [6.07, 6.45) is -0.684. The van der Waals surface area contributed by atoms with E-state index in [-0.39, 0.29) is 31.6 Å². The summed E-state index contributed by atoms with van der Waals surface area (Å²) in [5, 5.41) is 11.8. The van der Waals surface area contributed by atoms with Gasteiger partial charge in [0.1, 0.15) is 0 Å². The van der Waals surface area contributed by atoms with Crippen LogP contribution in [0.25, 0.3) is 32.9 Å². The maximum atomic E-state index is 11.6. The number of rotatable bonds is 4. The summed E-state index contributed by atoms with van der Waals surface area (Å²) in [5.41, 5.74) is 5.68. The number of allylic oxidation sites excluding steroid dienone is 2. The number of aliphatic hydroxyl groups is 1. The summed E-state index contributed by atoms with van der Waals surface area (Å²) in [4.78, 5) is 15.7. The molecule has 4 aromatic rings. The molecule has 7 heteroatoms. The number of aromatic nitrogens is 1. The molecular weight excluding hydrogens is 752 g/mol. The van der Waals surface area contributed by atoms with Crippen LogP contribution >= 0.6 is 0 Å². The maximum Gasteiger partial charge on any atom is 0.448 e. The molecule has 0 amide bonds. The molecule has 1 aliphatic rings. The Morgan fingerprint density at radius 1 is 1.02 bits per heavy atom. The van der Waals surface area contributed by atoms with Gasteiger partial charge in [-0.2, -0.15) is 13.2 Å². The number of pyridine rings is 1. The second-order valence-corrected chi connectivity index (χ2v) is 13.8. The average molecular weight is 796 g/mol. The molecule has 0 aliphatic heterocycles. The third kappa shape index (κ3) is 9.04. The zero-order chi connectivity index (χ0) is 33.4. The SMILES string of the molecule is CC(C)C(=O)/C=C(\O)C(F)(F)F.[2H]C1(c2cc(-c3[c-]c4ccccc4c(C(C)(C)C)c3)nc3ccccc23)CCC(C)(C)CC1.[Ir]. The van der Waals surface area contributed by atoms with Gasteiger partial charge in [0.05, 0.1) is 5.52 Å². The van der Waals surface area contributed by atoms with Gasteiger partial charge in [0.2, 0.25) is 5.76 Å². The fourth-order valence-corrected chi connectivity index (χ4v) is 5.48. The minimum absolute atomic E-state index is 0. The first-order chi connectivity index (χ1) is 20.8. The molecule has 1 fully saturated rings. The predicted octanol–water partition coefficient (Wildman–Crippen LogP) is 11.0. The molecule has 243 valence electrons. The van der Waals surface area contributed by atoms with Crippen LogP contribution < -0.4 is 0 Å². The number of ketones is 1. The summed E-state index contributed by atoms with van der Waals surface area (Å²) in [6.45, 7) is 14.4. The number of benzene rings is 3. The predicted molar refractivity (Wildman–Crippen MR) is 174 cm³/mol. The molecule has 0 atom stereocenters. The first-order valence-electron chi connectivity index (χ1n) is 15.7. The zero-order valence-corrected chi connectivity index (χ0v) is 29.4. The van der Waals surface area contributed by atoms with Crippen LogP contribution in [0.3, 0.4) is 0 Å². The normalized spacial score (nSPS) is 16.9. The van der Waals surface area contributed by atoms with Crippen molar-refractivity contribution >= 4 is 27.5 Å². The van der Waals surface area contributed by atoms with Crippen molar-refractivity contribution in [3.05, 3.63) is 89.7 Å². The summed E-state index contributed by atoms with van der Waals surface area (Å²) in [6, 6.07) is 25.0. The molecule has 1 heterocycles. The van der Waals surface area contributed by atoms with E-state index in [4.69, 9.17) is 10.1 Å². The second-order valence-electron chi connectivity index (χ2n) is 13.8. The number of hydrogen-bond acceptors (Lipinski definition) is 3. The van der Waals surface area contributed by atoms with Crippen LogP contribution in [0, 0.1) is 17.4 Å². The third-order valence-electron chi connectivity index (χ3n) is 8.30. The van der Waals surface area contributed by atoms with Crippen molar-refractivity contribution in [1.82, 2.24) is 4.98 Å². The van der Waals surface area contributed by atoms with Crippen molar-refractivity contribution in [3.8, 4) is 11.3 Å². The Bertz CT molecular complexity index is 1730. The first-order valence-corrected chi connectivity index (χ1v) is 15.2. The summed E-state index contributed by atoms with van der Waals surface area (Å²) < 4.78 is 44.3. The molecule has 1 aliphatic carbocycles. The number of carbonyl (C=O) groups is 1. The molecule has 1 radical (unpaired) electrons. The second kappa shape index (κ2) is 14.2. The monoisotopic (exact) mass is 796 g/mol. The zero-order valence-electron chi connectivity index (χ0n) is 28.0. The van der Waals surface area contributed by atoms with E-state index >= 15 is 0 Å². The van der Waals surface area contributed by atoms with Crippen molar-refractivity contribution in [2.45, 2.75) is 91.6 Å². The Kier molecular flexibility index (Phi) is 11.0. The molecule has 0 spiro atoms. The topological polar surface area (TPSA) is 50.2 Å². The van der Waals surface area contributed by atoms with Crippen molar-refractivity contribution in [3.63, 3.8) is 0 Å². The van der Waals surface area contributed by atoms with Gasteiger partial charge in [-0.05, 0) is 54.0 Å². The quantitative estimate of drug-likeness (QED) is 0.127. The van der Waals surface area contributed by atoms with Gasteiger partial charge in [0, 0.05) is 44.6 Å². The van der Waals surface area contributed by atoms with E-state index in [9.17, 15) is 19.3 Å². The van der Waals surface area contributed by atoms with Crippen LogP contribution in [0.5, 0.6) is 0 Å². The van der Waals surface area contributed by atoms with Crippen molar-refractivity contribution in [1.29, 1.82) is 0 Å². The number of carbonyl (C=O) groups excluding carboxylic acids is 1. The van der Waals surface area contributed by atoms with Gasteiger partial charge < -0.3 is 5.11 Å². The molecule has 3 aromatic carbocycles. The largest absolute Gasteiger partial charge is 0.504 e. The number of fused-ring (bicyclic) bond motifs is 2. The number of alkyl halides is 3. The van der Waals surface area contributed by atoms with E-state index in [0.717, 1.165) is 58.8 Å². The summed E-state index contributed by atoms with van der Waals surface area (Å²) in [7, 11) is 0. The smallest absolute Gasteiger partial charge is 0.448 e. The maximum absolute atomic E-state index is 11.6. The Labute approximate surface area is 280 Å². The van der Waals surface area contributed by atoms with Crippen LogP contribution in [-0.4, -0.2) is 22.1 Å². The van der Waals surface area contributed by atoms with E-state index in [1.54, 1.807) is 0 Å². The average Bonchev–Trinajstić information content (AvgIpc) is 2.97. The van der Waals surface area contributed by atoms with E-state index in [1.807, 2.05) is 6.07 Å². The van der Waals surface area contributed by atoms with Crippen LogP contribution in [0.1, 0.15) is 92.5 Å². The van der Waals surface area contributed by atoms with Crippen molar-refractivity contribution in [2.75, 3.05) is 0 Å². The minimum atomic E-state index is -4.83. The number of halogens is 3. The molecule has 45 heavy (non-hydrogen) atoms. The number of nitrogens with zero attached hydrogens (tertiary/aromatic N) is 1. The number of hydrogen-bond donors (Lipinski definition) is 1. The molecule has 1 N–H and O–H groups in total. The molecule has 1 saturated carbocycles. The fourth-order valence-electron chi connectivity index (χ4n) is 5.48. The standard InChI is InChI=1S/C31H34N.C7H9F3O2.Ir/c1-30(2,3)27-19-23(18-22-10-6-7-11-24(22)27)29-20-26(21-14-16-31(4,5)17-15-21)25-12-8-9-13-28(25)32-29;1-4(2)5(11)3-6(12)7(8,9)10;/h6-13,19-21H,14-17H2,1-5H3;3-4,12H,1-2H3;/q-1;;/b;6-3-;/i21D;;. The van der Waals surface area contributed by atoms with Gasteiger partial charge in [0.15, 0.2) is 5.78 Å². The summed E-state index contributed by atoms with van der Waals surface area (Å²) in [5.74, 6) is -3.71. The molecular formula is C38H43F3IrNO2-. The molecule has 0 saturated heterocycles. The van der Waals surface area contributed by atoms with Gasteiger partial charge in [-0.3, -0.25) is 9.78 Å². The first kappa shape index (κ1) is 34.8. The number of para-hydroxylation sites is 1. The third-order valence-corrected chi connectivity index (χ3v) is 8.30. The molecule has 0 unspecified atom stereocenters. The Morgan fingerprint density at radius 3 is 2.18 bits per heavy atom. The van der Waals surface area contributed by atoms with E-state index in [1.165, 1.54) is 24.8 Å². The van der Waals surface area contributed by atoms with Gasteiger partial charge in [-0.25, -0.2) is 0 Å². The van der Waals surface area contributed by atoms with Gasteiger partial charge in [-0.15, -0.1) is 29.1 Å². The molecule has 1 aromatic heterocycles. The van der Waals surface area contributed by atoms with Crippen LogP contribution in [0.15, 0.2) is 72.5 Å². The van der Waals surface area contributed by atoms with Crippen LogP contribution in [0.4, 0.5) is 13.2 Å². The molecule has 0 bridgehead atoms. The Morgan fingerprint density at radius 2 is 1.60 bits per heavy atom. The Hall–Kier alpha value is -3.02. The molecule has 5 rings (SSSR count). The van der Waals surface area contributed by atoms with Crippen molar-refractivity contribution in [2.24, 2.45) is 11.3 Å². The van der Waals surface area contributed by atoms with E-state index in [0.29, 0.717) is 5.41 Å². The van der Waals surface area contributed by atoms with Gasteiger partial charge >= 0.3 is 6.18 Å². The van der Waals surface area contributed by atoms with Crippen LogP contribution in [-0.2, 0) is 30.3 Å². The minimum Gasteiger partial charge on any atom is -0.504 e. The number of aliphatic hydroxyl groups excluding tert-OH is 1. The summed E-state index contributed by atoms with van der Waals surface area (Å²) >= 11 is 0. The van der Waals surface area contributed by atoms with Gasteiger partial charge in [0.25, 0.3) is 0 Å². The van der Waals surface area contributed by atoms with E-state index in [2.05, 4.69) is 95.3 Å². The van der Waals surface area contributed by atoms with Crippen molar-refractivity contribution < 1.29 is 44.5 Å². The molecule has 3 nitrogen and oxygen atoms in total. The van der Waals surface area contributed by atoms with E-state index < -0.39 is 29.5 Å².